The van der Waals surface area contributed by atoms with Crippen molar-refractivity contribution in [3.8, 4) is 0 Å². The molecule has 0 aliphatic carbocycles. The van der Waals surface area contributed by atoms with E-state index in [-0.39, 0.29) is 18.4 Å². The summed E-state index contributed by atoms with van der Waals surface area (Å²) >= 11 is 0. The second-order valence-electron chi connectivity index (χ2n) is 5.84. The Morgan fingerprint density at radius 1 is 1.28 bits per heavy atom. The van der Waals surface area contributed by atoms with Gasteiger partial charge in [-0.2, -0.15) is 0 Å². The van der Waals surface area contributed by atoms with Crippen molar-refractivity contribution < 1.29 is 18.7 Å². The number of amides is 2. The fourth-order valence-electron chi connectivity index (χ4n) is 2.74. The van der Waals surface area contributed by atoms with Gasteiger partial charge in [-0.25, -0.2) is 0 Å². The first-order valence-corrected chi connectivity index (χ1v) is 8.15. The third-order valence-electron chi connectivity index (χ3n) is 4.23. The van der Waals surface area contributed by atoms with Crippen molar-refractivity contribution in [3.63, 3.8) is 0 Å². The first-order valence-electron chi connectivity index (χ1n) is 8.15. The summed E-state index contributed by atoms with van der Waals surface area (Å²) in [4.78, 5) is 26.8. The molecule has 1 aliphatic rings. The number of nitrogens with zero attached hydrogens (tertiary/aromatic N) is 1. The van der Waals surface area contributed by atoms with Crippen molar-refractivity contribution in [2.24, 2.45) is 5.73 Å². The molecule has 0 radical (unpaired) electrons. The normalized spacial score (nSPS) is 14.4. The lowest BCUT2D eigenvalue weighted by Crippen LogP contribution is -2.41. The summed E-state index contributed by atoms with van der Waals surface area (Å²) in [6.07, 6.45) is 1.37. The Kier molecular flexibility index (Phi) is 5.16. The summed E-state index contributed by atoms with van der Waals surface area (Å²) in [6.45, 7) is 4.30. The summed E-state index contributed by atoms with van der Waals surface area (Å²) in [5.41, 5.74) is 7.79. The van der Waals surface area contributed by atoms with E-state index in [2.05, 4.69) is 5.32 Å². The summed E-state index contributed by atoms with van der Waals surface area (Å²) < 4.78 is 10.5. The van der Waals surface area contributed by atoms with Crippen LogP contribution < -0.4 is 11.1 Å². The van der Waals surface area contributed by atoms with E-state index in [0.29, 0.717) is 48.9 Å². The van der Waals surface area contributed by atoms with Crippen LogP contribution in [0.2, 0.25) is 0 Å². The van der Waals surface area contributed by atoms with Crippen LogP contribution in [0.15, 0.2) is 34.9 Å². The van der Waals surface area contributed by atoms with Gasteiger partial charge in [0.05, 0.1) is 25.3 Å². The lowest BCUT2D eigenvalue weighted by atomic mass is 10.0. The van der Waals surface area contributed by atoms with Crippen molar-refractivity contribution >= 4 is 17.5 Å². The second kappa shape index (κ2) is 7.50. The number of carbonyl (C=O) groups excluding carboxylic acids is 2. The van der Waals surface area contributed by atoms with E-state index in [1.165, 1.54) is 6.26 Å². The molecule has 0 bridgehead atoms. The number of carbonyl (C=O) groups is 2. The van der Waals surface area contributed by atoms with E-state index in [1.54, 1.807) is 29.2 Å². The molecule has 1 aromatic carbocycles. The molecule has 1 fully saturated rings. The van der Waals surface area contributed by atoms with E-state index in [9.17, 15) is 9.59 Å². The van der Waals surface area contributed by atoms with E-state index < -0.39 is 0 Å². The lowest BCUT2D eigenvalue weighted by molar-refractivity contribution is 0.0302. The Morgan fingerprint density at radius 3 is 2.72 bits per heavy atom. The van der Waals surface area contributed by atoms with Crippen LogP contribution in [0.1, 0.15) is 32.0 Å². The van der Waals surface area contributed by atoms with Crippen molar-refractivity contribution in [1.29, 1.82) is 0 Å². The number of nitrogens with one attached hydrogen (secondary N) is 1. The summed E-state index contributed by atoms with van der Waals surface area (Å²) in [7, 11) is 0. The van der Waals surface area contributed by atoms with Gasteiger partial charge in [-0.15, -0.1) is 0 Å². The molecule has 2 aromatic rings. The first-order chi connectivity index (χ1) is 12.1. The van der Waals surface area contributed by atoms with Crippen LogP contribution in [0.4, 0.5) is 5.69 Å². The zero-order valence-electron chi connectivity index (χ0n) is 14.1. The Bertz CT molecular complexity index is 778. The molecule has 1 aliphatic heterocycles. The van der Waals surface area contributed by atoms with Gasteiger partial charge >= 0.3 is 0 Å². The van der Waals surface area contributed by atoms with Gasteiger partial charge in [-0.1, -0.05) is 6.07 Å². The zero-order valence-corrected chi connectivity index (χ0v) is 14.1. The molecule has 25 heavy (non-hydrogen) atoms. The van der Waals surface area contributed by atoms with Crippen LogP contribution in [0, 0.1) is 6.92 Å². The number of benzene rings is 1. The molecular weight excluding hydrogens is 322 g/mol. The molecule has 7 nitrogen and oxygen atoms in total. The maximum absolute atomic E-state index is 12.7. The molecule has 132 valence electrons. The maximum Gasteiger partial charge on any atom is 0.258 e. The molecule has 2 amide bonds. The summed E-state index contributed by atoms with van der Waals surface area (Å²) in [5.74, 6) is 0.186. The fraction of sp³-hybridized carbons (Fsp3) is 0.333. The molecule has 1 saturated heterocycles. The molecule has 0 saturated carbocycles. The third kappa shape index (κ3) is 3.72. The van der Waals surface area contributed by atoms with Crippen molar-refractivity contribution in [3.05, 3.63) is 53.0 Å². The zero-order chi connectivity index (χ0) is 17.8. The minimum absolute atomic E-state index is 0.0503. The summed E-state index contributed by atoms with van der Waals surface area (Å²) in [5, 5.41) is 2.83. The fourth-order valence-corrected chi connectivity index (χ4v) is 2.74. The molecule has 7 heteroatoms. The number of anilines is 1. The van der Waals surface area contributed by atoms with Crippen LogP contribution in [-0.4, -0.2) is 43.0 Å². The highest BCUT2D eigenvalue weighted by Gasteiger charge is 2.21. The van der Waals surface area contributed by atoms with Gasteiger partial charge in [0.15, 0.2) is 0 Å². The van der Waals surface area contributed by atoms with E-state index in [0.717, 1.165) is 5.56 Å². The van der Waals surface area contributed by atoms with E-state index >= 15 is 0 Å². The highest BCUT2D eigenvalue weighted by Crippen LogP contribution is 2.22. The van der Waals surface area contributed by atoms with Gasteiger partial charge in [-0.05, 0) is 30.7 Å². The average molecular weight is 343 g/mol. The molecule has 0 unspecified atom stereocenters. The molecule has 1 aromatic heterocycles. The largest absolute Gasteiger partial charge is 0.467 e. The van der Waals surface area contributed by atoms with Gasteiger partial charge in [0.25, 0.3) is 11.8 Å². The number of morpholine rings is 1. The van der Waals surface area contributed by atoms with Crippen LogP contribution in [0.25, 0.3) is 0 Å². The number of rotatable bonds is 4. The number of hydrogen-bond donors (Lipinski definition) is 2. The van der Waals surface area contributed by atoms with Gasteiger partial charge in [0.2, 0.25) is 0 Å². The standard InChI is InChI=1S/C18H21N3O4/c1-12-15(18(23)21-5-7-24-8-6-21)3-2-4-16(12)20-17(22)13-9-14(10-19)25-11-13/h2-4,9,11H,5-8,10,19H2,1H3,(H,20,22). The van der Waals surface area contributed by atoms with Crippen LogP contribution >= 0.6 is 0 Å². The number of ether oxygens (including phenoxy) is 1. The molecule has 2 heterocycles. The molecule has 3 rings (SSSR count). The third-order valence-corrected chi connectivity index (χ3v) is 4.23. The van der Waals surface area contributed by atoms with E-state index in [1.807, 2.05) is 6.92 Å². The monoisotopic (exact) mass is 343 g/mol. The first kappa shape index (κ1) is 17.2. The van der Waals surface area contributed by atoms with E-state index in [4.69, 9.17) is 14.9 Å². The molecule has 3 N–H and O–H groups in total. The van der Waals surface area contributed by atoms with Crippen molar-refractivity contribution in [1.82, 2.24) is 4.90 Å². The van der Waals surface area contributed by atoms with Gasteiger partial charge in [0.1, 0.15) is 12.0 Å². The van der Waals surface area contributed by atoms with Gasteiger partial charge in [-0.3, -0.25) is 9.59 Å². The Labute approximate surface area is 145 Å². The number of hydrogen-bond acceptors (Lipinski definition) is 5. The lowest BCUT2D eigenvalue weighted by Gasteiger charge is -2.27. The minimum atomic E-state index is -0.303. The Morgan fingerprint density at radius 2 is 2.04 bits per heavy atom. The SMILES string of the molecule is Cc1c(NC(=O)c2coc(CN)c2)cccc1C(=O)N1CCOCC1. The van der Waals surface area contributed by atoms with Crippen LogP contribution in [0.3, 0.4) is 0 Å². The quantitative estimate of drug-likeness (QED) is 0.882. The van der Waals surface area contributed by atoms with Crippen LogP contribution in [0.5, 0.6) is 0 Å². The highest BCUT2D eigenvalue weighted by molar-refractivity contribution is 6.06. The van der Waals surface area contributed by atoms with Crippen LogP contribution in [-0.2, 0) is 11.3 Å². The molecule has 0 spiro atoms. The Hall–Kier alpha value is -2.64. The minimum Gasteiger partial charge on any atom is -0.467 e. The van der Waals surface area contributed by atoms with Crippen molar-refractivity contribution in [2.45, 2.75) is 13.5 Å². The average Bonchev–Trinajstić information content (AvgIpc) is 3.13. The highest BCUT2D eigenvalue weighted by atomic mass is 16.5. The second-order valence-corrected chi connectivity index (χ2v) is 5.84. The maximum atomic E-state index is 12.7. The summed E-state index contributed by atoms with van der Waals surface area (Å²) in [6, 6.07) is 6.91. The van der Waals surface area contributed by atoms with Gasteiger partial charge < -0.3 is 25.1 Å². The number of furan rings is 1. The smallest absolute Gasteiger partial charge is 0.258 e. The predicted molar refractivity (Wildman–Crippen MR) is 92.5 cm³/mol. The van der Waals surface area contributed by atoms with Crippen molar-refractivity contribution in [2.75, 3.05) is 31.6 Å². The topological polar surface area (TPSA) is 97.8 Å². The predicted octanol–water partition coefficient (Wildman–Crippen LogP) is 1.77. The number of nitrogens with two attached hydrogens (primary N) is 1. The Balaban J connectivity index is 1.78. The molecule has 0 atom stereocenters. The molecular formula is C18H21N3O4. The van der Waals surface area contributed by atoms with Gasteiger partial charge in [0, 0.05) is 24.3 Å².